The van der Waals surface area contributed by atoms with Gasteiger partial charge in [0, 0.05) is 16.3 Å². The van der Waals surface area contributed by atoms with Gasteiger partial charge in [0.05, 0.1) is 4.58 Å². The summed E-state index contributed by atoms with van der Waals surface area (Å²) in [6.07, 6.45) is 1.27. The first-order chi connectivity index (χ1) is 10.7. The molecule has 3 rings (SSSR count). The van der Waals surface area contributed by atoms with E-state index in [9.17, 15) is 4.79 Å². The molecule has 0 atom stereocenters. The van der Waals surface area contributed by atoms with Crippen molar-refractivity contribution in [3.05, 3.63) is 64.7 Å². The maximum atomic E-state index is 12.3. The van der Waals surface area contributed by atoms with Crippen molar-refractivity contribution in [3.8, 4) is 0 Å². The molecule has 0 aromatic heterocycles. The first kappa shape index (κ1) is 15.8. The van der Waals surface area contributed by atoms with Crippen molar-refractivity contribution < 1.29 is 4.79 Å². The molecule has 1 N–H and O–H groups in total. The maximum Gasteiger partial charge on any atom is 0.255 e. The van der Waals surface area contributed by atoms with Gasteiger partial charge in [-0.05, 0) is 53.8 Å². The monoisotopic (exact) mass is 349 g/mol. The summed E-state index contributed by atoms with van der Waals surface area (Å²) in [6, 6.07) is 15.1. The highest BCUT2D eigenvalue weighted by molar-refractivity contribution is 8.16. The molecule has 1 amide bonds. The Bertz CT molecular complexity index is 671. The van der Waals surface area contributed by atoms with Gasteiger partial charge in [-0.25, -0.2) is 0 Å². The molecule has 2 aromatic carbocycles. The van der Waals surface area contributed by atoms with E-state index < -0.39 is 0 Å². The molecule has 0 radical (unpaired) electrons. The summed E-state index contributed by atoms with van der Waals surface area (Å²) in [5.41, 5.74) is 2.66. The molecule has 1 heterocycles. The van der Waals surface area contributed by atoms with E-state index >= 15 is 0 Å². The molecule has 1 fully saturated rings. The number of hydrogen-bond acceptors (Lipinski definition) is 3. The van der Waals surface area contributed by atoms with Gasteiger partial charge in [-0.15, -0.1) is 23.5 Å². The van der Waals surface area contributed by atoms with Crippen molar-refractivity contribution >= 4 is 46.7 Å². The van der Waals surface area contributed by atoms with Gasteiger partial charge in [-0.3, -0.25) is 4.79 Å². The second-order valence-corrected chi connectivity index (χ2v) is 8.18. The lowest BCUT2D eigenvalue weighted by Gasteiger charge is -2.21. The van der Waals surface area contributed by atoms with Gasteiger partial charge >= 0.3 is 0 Å². The van der Waals surface area contributed by atoms with E-state index in [1.165, 1.54) is 23.5 Å². The third kappa shape index (κ3) is 4.00. The molecule has 0 spiro atoms. The van der Waals surface area contributed by atoms with Crippen LogP contribution in [0.5, 0.6) is 0 Å². The van der Waals surface area contributed by atoms with Crippen LogP contribution in [0.3, 0.4) is 0 Å². The SMILES string of the molecule is O=C(Nc1cccc(C2SCCCS2)c1)c1cccc(Cl)c1. The summed E-state index contributed by atoms with van der Waals surface area (Å²) in [6.45, 7) is 0. The molecule has 1 aliphatic heterocycles. The van der Waals surface area contributed by atoms with Crippen LogP contribution in [-0.4, -0.2) is 17.4 Å². The third-order valence-electron chi connectivity index (χ3n) is 3.33. The number of rotatable bonds is 3. The quantitative estimate of drug-likeness (QED) is 0.797. The Kier molecular flexibility index (Phi) is 5.34. The first-order valence-electron chi connectivity index (χ1n) is 7.12. The van der Waals surface area contributed by atoms with Crippen LogP contribution in [0.25, 0.3) is 0 Å². The molecular formula is C17H16ClNOS2. The summed E-state index contributed by atoms with van der Waals surface area (Å²) in [7, 11) is 0. The largest absolute Gasteiger partial charge is 0.322 e. The number of carbonyl (C=O) groups is 1. The highest BCUT2D eigenvalue weighted by Gasteiger charge is 2.17. The maximum absolute atomic E-state index is 12.3. The number of halogens is 1. The summed E-state index contributed by atoms with van der Waals surface area (Å²) >= 11 is 9.88. The highest BCUT2D eigenvalue weighted by Crippen LogP contribution is 2.44. The summed E-state index contributed by atoms with van der Waals surface area (Å²) in [5, 5.41) is 3.51. The number of carbonyl (C=O) groups excluding carboxylic acids is 1. The number of anilines is 1. The van der Waals surface area contributed by atoms with Crippen molar-refractivity contribution in [3.63, 3.8) is 0 Å². The van der Waals surface area contributed by atoms with Crippen LogP contribution >= 0.6 is 35.1 Å². The van der Waals surface area contributed by atoms with E-state index in [0.717, 1.165) is 5.69 Å². The Morgan fingerprint density at radius 2 is 1.86 bits per heavy atom. The van der Waals surface area contributed by atoms with Crippen molar-refractivity contribution in [1.29, 1.82) is 0 Å². The van der Waals surface area contributed by atoms with Gasteiger partial charge in [0.1, 0.15) is 0 Å². The minimum Gasteiger partial charge on any atom is -0.322 e. The normalized spacial score (nSPS) is 15.5. The molecule has 0 unspecified atom stereocenters. The number of hydrogen-bond donors (Lipinski definition) is 1. The summed E-state index contributed by atoms with van der Waals surface area (Å²) in [4.78, 5) is 12.3. The average Bonchev–Trinajstić information content (AvgIpc) is 2.56. The third-order valence-corrected chi connectivity index (χ3v) is 6.58. The van der Waals surface area contributed by atoms with E-state index in [-0.39, 0.29) is 5.91 Å². The van der Waals surface area contributed by atoms with Gasteiger partial charge in [0.2, 0.25) is 0 Å². The van der Waals surface area contributed by atoms with Crippen LogP contribution in [0.15, 0.2) is 48.5 Å². The van der Waals surface area contributed by atoms with Crippen LogP contribution in [-0.2, 0) is 0 Å². The molecule has 0 saturated carbocycles. The first-order valence-corrected chi connectivity index (χ1v) is 9.60. The smallest absolute Gasteiger partial charge is 0.255 e. The average molecular weight is 350 g/mol. The minimum absolute atomic E-state index is 0.136. The Hall–Kier alpha value is -1.10. The second-order valence-electron chi connectivity index (χ2n) is 5.02. The summed E-state index contributed by atoms with van der Waals surface area (Å²) < 4.78 is 0.469. The van der Waals surface area contributed by atoms with Gasteiger partial charge < -0.3 is 5.32 Å². The van der Waals surface area contributed by atoms with Crippen molar-refractivity contribution in [1.82, 2.24) is 0 Å². The van der Waals surface area contributed by atoms with Gasteiger partial charge in [-0.2, -0.15) is 0 Å². The fraction of sp³-hybridized carbons (Fsp3) is 0.235. The Morgan fingerprint density at radius 3 is 2.64 bits per heavy atom. The molecule has 5 heteroatoms. The van der Waals surface area contributed by atoms with E-state index in [2.05, 4.69) is 17.4 Å². The molecule has 1 saturated heterocycles. The van der Waals surface area contributed by atoms with Gasteiger partial charge in [-0.1, -0.05) is 29.8 Å². The van der Waals surface area contributed by atoms with E-state index in [1.807, 2.05) is 35.7 Å². The molecule has 114 valence electrons. The van der Waals surface area contributed by atoms with Crippen LogP contribution in [0.4, 0.5) is 5.69 Å². The second kappa shape index (κ2) is 7.44. The van der Waals surface area contributed by atoms with Crippen LogP contribution < -0.4 is 5.32 Å². The summed E-state index contributed by atoms with van der Waals surface area (Å²) in [5.74, 6) is 2.27. The number of nitrogens with one attached hydrogen (secondary N) is 1. The molecule has 2 nitrogen and oxygen atoms in total. The van der Waals surface area contributed by atoms with Gasteiger partial charge in [0.25, 0.3) is 5.91 Å². The topological polar surface area (TPSA) is 29.1 Å². The lowest BCUT2D eigenvalue weighted by Crippen LogP contribution is -2.12. The molecule has 1 aliphatic rings. The van der Waals surface area contributed by atoms with Crippen molar-refractivity contribution in [2.75, 3.05) is 16.8 Å². The van der Waals surface area contributed by atoms with E-state index in [1.54, 1.807) is 24.3 Å². The standard InChI is InChI=1S/C17H16ClNOS2/c18-14-6-1-4-12(10-14)16(20)19-15-7-2-5-13(11-15)17-21-8-3-9-22-17/h1-2,4-7,10-11,17H,3,8-9H2,(H,19,20). The lowest BCUT2D eigenvalue weighted by molar-refractivity contribution is 0.102. The Balaban J connectivity index is 1.73. The zero-order valence-corrected chi connectivity index (χ0v) is 14.3. The Morgan fingerprint density at radius 1 is 1.09 bits per heavy atom. The number of amides is 1. The zero-order valence-electron chi connectivity index (χ0n) is 11.9. The van der Waals surface area contributed by atoms with Crippen molar-refractivity contribution in [2.24, 2.45) is 0 Å². The zero-order chi connectivity index (χ0) is 15.4. The van der Waals surface area contributed by atoms with Crippen LogP contribution in [0.2, 0.25) is 5.02 Å². The van der Waals surface area contributed by atoms with Crippen molar-refractivity contribution in [2.45, 2.75) is 11.0 Å². The molecule has 22 heavy (non-hydrogen) atoms. The fourth-order valence-electron chi connectivity index (χ4n) is 2.28. The number of thioether (sulfide) groups is 2. The predicted octanol–water partition coefficient (Wildman–Crippen LogP) is 5.46. The molecular weight excluding hydrogens is 334 g/mol. The van der Waals surface area contributed by atoms with Crippen LogP contribution in [0.1, 0.15) is 26.9 Å². The Labute approximate surface area is 144 Å². The molecule has 0 aliphatic carbocycles. The van der Waals surface area contributed by atoms with E-state index in [0.29, 0.717) is 15.2 Å². The molecule has 0 bridgehead atoms. The van der Waals surface area contributed by atoms with E-state index in [4.69, 9.17) is 11.6 Å². The predicted molar refractivity (Wildman–Crippen MR) is 98.1 cm³/mol. The number of benzene rings is 2. The fourth-order valence-corrected chi connectivity index (χ4v) is 5.34. The highest BCUT2D eigenvalue weighted by atomic mass is 35.5. The van der Waals surface area contributed by atoms with Crippen LogP contribution in [0, 0.1) is 0 Å². The minimum atomic E-state index is -0.136. The lowest BCUT2D eigenvalue weighted by atomic mass is 10.2. The van der Waals surface area contributed by atoms with Gasteiger partial charge in [0.15, 0.2) is 0 Å². The molecule has 2 aromatic rings.